The first-order valence-corrected chi connectivity index (χ1v) is 6.72. The van der Waals surface area contributed by atoms with Gasteiger partial charge >= 0.3 is 0 Å². The topological polar surface area (TPSA) is 63.4 Å². The number of benzene rings is 2. The third-order valence-electron chi connectivity index (χ3n) is 3.28. The molecule has 2 N–H and O–H groups in total. The van der Waals surface area contributed by atoms with Crippen LogP contribution in [0.25, 0.3) is 0 Å². The second-order valence-electron chi connectivity index (χ2n) is 4.91. The van der Waals surface area contributed by atoms with Crippen LogP contribution in [0.15, 0.2) is 60.7 Å². The molecule has 0 saturated heterocycles. The number of hydrogen-bond acceptors (Lipinski definition) is 2. The zero-order valence-corrected chi connectivity index (χ0v) is 11.9. The van der Waals surface area contributed by atoms with E-state index in [9.17, 15) is 9.59 Å². The van der Waals surface area contributed by atoms with Crippen molar-refractivity contribution in [3.8, 4) is 0 Å². The number of rotatable bonds is 5. The molecule has 0 bridgehead atoms. The van der Waals surface area contributed by atoms with Gasteiger partial charge in [0.1, 0.15) is 0 Å². The number of nitrogens with zero attached hydrogens (tertiary/aromatic N) is 1. The van der Waals surface area contributed by atoms with Crippen molar-refractivity contribution in [3.05, 3.63) is 71.8 Å². The maximum atomic E-state index is 12.7. The van der Waals surface area contributed by atoms with Crippen molar-refractivity contribution < 1.29 is 9.59 Å². The SMILES string of the molecule is CN(CC(N)=O)C(=O)C(c1ccccc1)c1ccccc1. The van der Waals surface area contributed by atoms with Crippen LogP contribution in [0.2, 0.25) is 0 Å². The van der Waals surface area contributed by atoms with Crippen LogP contribution < -0.4 is 5.73 Å². The van der Waals surface area contributed by atoms with Crippen molar-refractivity contribution in [1.29, 1.82) is 0 Å². The lowest BCUT2D eigenvalue weighted by atomic mass is 9.90. The molecule has 0 heterocycles. The van der Waals surface area contributed by atoms with E-state index in [-0.39, 0.29) is 12.5 Å². The molecule has 108 valence electrons. The summed E-state index contributed by atoms with van der Waals surface area (Å²) in [5, 5.41) is 0. The highest BCUT2D eigenvalue weighted by molar-refractivity contribution is 5.90. The predicted molar refractivity (Wildman–Crippen MR) is 81.6 cm³/mol. The molecule has 2 rings (SSSR count). The molecule has 2 amide bonds. The van der Waals surface area contributed by atoms with Crippen molar-refractivity contribution >= 4 is 11.8 Å². The standard InChI is InChI=1S/C17H18N2O2/c1-19(12-15(18)20)17(21)16(13-8-4-2-5-9-13)14-10-6-3-7-11-14/h2-11,16H,12H2,1H3,(H2,18,20). The van der Waals surface area contributed by atoms with Gasteiger partial charge in [-0.25, -0.2) is 0 Å². The summed E-state index contributed by atoms with van der Waals surface area (Å²) in [5.74, 6) is -1.10. The van der Waals surface area contributed by atoms with E-state index in [1.807, 2.05) is 60.7 Å². The van der Waals surface area contributed by atoms with Gasteiger partial charge in [0.15, 0.2) is 0 Å². The van der Waals surface area contributed by atoms with Gasteiger partial charge in [-0.3, -0.25) is 9.59 Å². The third kappa shape index (κ3) is 3.69. The molecule has 0 atom stereocenters. The number of carbonyl (C=O) groups excluding carboxylic acids is 2. The van der Waals surface area contributed by atoms with Gasteiger partial charge in [0.25, 0.3) is 0 Å². The van der Waals surface area contributed by atoms with Crippen LogP contribution in [-0.4, -0.2) is 30.3 Å². The Morgan fingerprint density at radius 2 is 1.38 bits per heavy atom. The average molecular weight is 282 g/mol. The van der Waals surface area contributed by atoms with E-state index in [1.165, 1.54) is 4.90 Å². The lowest BCUT2D eigenvalue weighted by Gasteiger charge is -2.23. The van der Waals surface area contributed by atoms with Crippen LogP contribution in [0, 0.1) is 0 Å². The summed E-state index contributed by atoms with van der Waals surface area (Å²) >= 11 is 0. The Kier molecular flexibility index (Phi) is 4.72. The molecule has 0 aliphatic carbocycles. The Bertz CT molecular complexity index is 572. The van der Waals surface area contributed by atoms with Gasteiger partial charge < -0.3 is 10.6 Å². The summed E-state index contributed by atoms with van der Waals surface area (Å²) in [7, 11) is 1.59. The van der Waals surface area contributed by atoms with Crippen molar-refractivity contribution in [2.45, 2.75) is 5.92 Å². The summed E-state index contributed by atoms with van der Waals surface area (Å²) in [4.78, 5) is 25.1. The smallest absolute Gasteiger partial charge is 0.237 e. The monoisotopic (exact) mass is 282 g/mol. The molecule has 0 spiro atoms. The molecule has 0 aromatic heterocycles. The van der Waals surface area contributed by atoms with E-state index in [0.29, 0.717) is 0 Å². The molecule has 0 radical (unpaired) electrons. The minimum Gasteiger partial charge on any atom is -0.368 e. The highest BCUT2D eigenvalue weighted by Crippen LogP contribution is 2.26. The first-order valence-electron chi connectivity index (χ1n) is 6.72. The number of hydrogen-bond donors (Lipinski definition) is 1. The van der Waals surface area contributed by atoms with Gasteiger partial charge in [-0.2, -0.15) is 0 Å². The molecular weight excluding hydrogens is 264 g/mol. The maximum absolute atomic E-state index is 12.7. The number of primary amides is 1. The van der Waals surface area contributed by atoms with Crippen molar-refractivity contribution in [3.63, 3.8) is 0 Å². The third-order valence-corrected chi connectivity index (χ3v) is 3.28. The fourth-order valence-corrected chi connectivity index (χ4v) is 2.30. The van der Waals surface area contributed by atoms with Crippen molar-refractivity contribution in [1.82, 2.24) is 4.90 Å². The first kappa shape index (κ1) is 14.8. The average Bonchev–Trinajstić information content (AvgIpc) is 2.49. The van der Waals surface area contributed by atoms with Crippen molar-refractivity contribution in [2.24, 2.45) is 5.73 Å². The van der Waals surface area contributed by atoms with E-state index in [0.717, 1.165) is 11.1 Å². The zero-order valence-electron chi connectivity index (χ0n) is 11.9. The lowest BCUT2D eigenvalue weighted by molar-refractivity contribution is -0.134. The Morgan fingerprint density at radius 1 is 0.952 bits per heavy atom. The molecule has 0 unspecified atom stereocenters. The highest BCUT2D eigenvalue weighted by Gasteiger charge is 2.26. The maximum Gasteiger partial charge on any atom is 0.237 e. The van der Waals surface area contributed by atoms with E-state index in [1.54, 1.807) is 7.05 Å². The molecule has 0 aliphatic rings. The number of amides is 2. The largest absolute Gasteiger partial charge is 0.368 e. The van der Waals surface area contributed by atoms with Crippen LogP contribution in [-0.2, 0) is 9.59 Å². The molecule has 2 aromatic carbocycles. The first-order chi connectivity index (χ1) is 10.1. The summed E-state index contributed by atoms with van der Waals surface area (Å²) in [6.07, 6.45) is 0. The Morgan fingerprint density at radius 3 is 1.76 bits per heavy atom. The van der Waals surface area contributed by atoms with Gasteiger partial charge in [0.05, 0.1) is 12.5 Å². The second kappa shape index (κ2) is 6.70. The predicted octanol–water partition coefficient (Wildman–Crippen LogP) is 1.76. The molecule has 0 aliphatic heterocycles. The minimum absolute atomic E-state index is 0.0883. The Hall–Kier alpha value is -2.62. The van der Waals surface area contributed by atoms with Gasteiger partial charge in [-0.15, -0.1) is 0 Å². The number of nitrogens with two attached hydrogens (primary N) is 1. The highest BCUT2D eigenvalue weighted by atomic mass is 16.2. The van der Waals surface area contributed by atoms with Gasteiger partial charge in [-0.05, 0) is 11.1 Å². The molecule has 4 heteroatoms. The Labute approximate surface area is 124 Å². The van der Waals surface area contributed by atoms with Crippen LogP contribution >= 0.6 is 0 Å². The normalized spacial score (nSPS) is 10.4. The van der Waals surface area contributed by atoms with Gasteiger partial charge in [0, 0.05) is 7.05 Å². The van der Waals surface area contributed by atoms with E-state index < -0.39 is 11.8 Å². The fourth-order valence-electron chi connectivity index (χ4n) is 2.30. The number of likely N-dealkylation sites (N-methyl/N-ethyl adjacent to an activating group) is 1. The molecule has 4 nitrogen and oxygen atoms in total. The zero-order chi connectivity index (χ0) is 15.2. The molecule has 21 heavy (non-hydrogen) atoms. The molecule has 0 saturated carbocycles. The summed E-state index contributed by atoms with van der Waals surface area (Å²) in [6.45, 7) is -0.0883. The van der Waals surface area contributed by atoms with Crippen LogP contribution in [0.1, 0.15) is 17.0 Å². The summed E-state index contributed by atoms with van der Waals surface area (Å²) in [5.41, 5.74) is 6.96. The van der Waals surface area contributed by atoms with Crippen molar-refractivity contribution in [2.75, 3.05) is 13.6 Å². The van der Waals surface area contributed by atoms with Crippen LogP contribution in [0.3, 0.4) is 0 Å². The summed E-state index contributed by atoms with van der Waals surface area (Å²) < 4.78 is 0. The molecule has 2 aromatic rings. The second-order valence-corrected chi connectivity index (χ2v) is 4.91. The van der Waals surface area contributed by atoms with Gasteiger partial charge in [0.2, 0.25) is 11.8 Å². The quantitative estimate of drug-likeness (QED) is 0.908. The number of carbonyl (C=O) groups is 2. The lowest BCUT2D eigenvalue weighted by Crippen LogP contribution is -2.38. The van der Waals surface area contributed by atoms with E-state index in [4.69, 9.17) is 5.73 Å². The summed E-state index contributed by atoms with van der Waals surface area (Å²) in [6, 6.07) is 19.0. The molecular formula is C17H18N2O2. The van der Waals surface area contributed by atoms with E-state index in [2.05, 4.69) is 0 Å². The van der Waals surface area contributed by atoms with Gasteiger partial charge in [-0.1, -0.05) is 60.7 Å². The van der Waals surface area contributed by atoms with E-state index >= 15 is 0 Å². The fraction of sp³-hybridized carbons (Fsp3) is 0.176. The van der Waals surface area contributed by atoms with Crippen LogP contribution in [0.5, 0.6) is 0 Å². The Balaban J connectivity index is 2.37. The minimum atomic E-state index is -0.522. The molecule has 0 fully saturated rings. The van der Waals surface area contributed by atoms with Crippen LogP contribution in [0.4, 0.5) is 0 Å².